The average molecular weight is 726 g/mol. The number of fused-ring (bicyclic) bond motifs is 2. The van der Waals surface area contributed by atoms with E-state index in [9.17, 15) is 36.6 Å². The van der Waals surface area contributed by atoms with E-state index in [0.29, 0.717) is 32.6 Å². The standard InChI is InChI=1S/C37H30F7N5O3/c1-19-17-36(40,41)33-30(19)32(37(42,43)44)48-49(33)18-29(50)47-28(15-20-13-21(38)16-22(39)14-20)31-26(8-7-23(46-31)9-11-35(2,3)52)24-5-4-6-27-25(24)10-12-45-34(27)51/h4-8,10,12-14,16,19,28,52H,15,17-18H2,1-3H3,(H,45,51)(H,47,50)/t19-,28-/m0/s1. The van der Waals surface area contributed by atoms with Gasteiger partial charge >= 0.3 is 6.18 Å². The van der Waals surface area contributed by atoms with Crippen molar-refractivity contribution in [2.45, 2.75) is 69.8 Å². The Bertz CT molecular complexity index is 2310. The van der Waals surface area contributed by atoms with E-state index in [1.54, 1.807) is 30.3 Å². The summed E-state index contributed by atoms with van der Waals surface area (Å²) < 4.78 is 101. The number of carbonyl (C=O) groups excluding carboxylic acids is 1. The second-order valence-electron chi connectivity index (χ2n) is 13.2. The molecule has 1 aliphatic rings. The molecule has 6 rings (SSSR count). The first-order valence-electron chi connectivity index (χ1n) is 16.0. The van der Waals surface area contributed by atoms with Crippen molar-refractivity contribution in [2.75, 3.05) is 0 Å². The molecule has 5 aromatic rings. The van der Waals surface area contributed by atoms with Crippen molar-refractivity contribution >= 4 is 16.7 Å². The third-order valence-corrected chi connectivity index (χ3v) is 8.51. The number of nitrogens with one attached hydrogen (secondary N) is 2. The molecule has 1 amide bonds. The van der Waals surface area contributed by atoms with Crippen molar-refractivity contribution in [3.63, 3.8) is 0 Å². The lowest BCUT2D eigenvalue weighted by atomic mass is 9.92. The number of amides is 1. The van der Waals surface area contributed by atoms with Crippen LogP contribution in [-0.2, 0) is 29.9 Å². The molecule has 1 aliphatic carbocycles. The highest BCUT2D eigenvalue weighted by Gasteiger charge is 2.53. The summed E-state index contributed by atoms with van der Waals surface area (Å²) in [6.45, 7) is 3.03. The van der Waals surface area contributed by atoms with E-state index in [1.807, 2.05) is 0 Å². The fourth-order valence-corrected chi connectivity index (χ4v) is 6.50. The van der Waals surface area contributed by atoms with Gasteiger partial charge in [-0.3, -0.25) is 14.3 Å². The Labute approximate surface area is 291 Å². The monoisotopic (exact) mass is 725 g/mol. The maximum atomic E-state index is 15.1. The van der Waals surface area contributed by atoms with Gasteiger partial charge in [0.2, 0.25) is 5.91 Å². The number of pyridine rings is 2. The topological polar surface area (TPSA) is 113 Å². The first kappa shape index (κ1) is 36.3. The molecule has 0 bridgehead atoms. The second kappa shape index (κ2) is 13.2. The normalized spacial score (nSPS) is 15.9. The van der Waals surface area contributed by atoms with Gasteiger partial charge in [0.1, 0.15) is 35.2 Å². The molecular formula is C37H30F7N5O3. The molecule has 0 unspecified atom stereocenters. The summed E-state index contributed by atoms with van der Waals surface area (Å²) in [4.78, 5) is 33.6. The Morgan fingerprint density at radius 3 is 2.46 bits per heavy atom. The molecule has 0 saturated carbocycles. The van der Waals surface area contributed by atoms with E-state index in [2.05, 4.69) is 32.2 Å². The Morgan fingerprint density at radius 1 is 1.08 bits per heavy atom. The van der Waals surface area contributed by atoms with Crippen molar-refractivity contribution in [1.82, 2.24) is 25.1 Å². The fourth-order valence-electron chi connectivity index (χ4n) is 6.50. The van der Waals surface area contributed by atoms with Crippen LogP contribution in [-0.4, -0.2) is 36.4 Å². The van der Waals surface area contributed by atoms with Crippen molar-refractivity contribution in [2.24, 2.45) is 0 Å². The third kappa shape index (κ3) is 7.43. The minimum atomic E-state index is -5.08. The molecule has 15 heteroatoms. The molecule has 3 aromatic heterocycles. The number of alkyl halides is 5. The molecule has 52 heavy (non-hydrogen) atoms. The lowest BCUT2D eigenvalue weighted by Gasteiger charge is -2.23. The zero-order valence-electron chi connectivity index (χ0n) is 27.8. The molecule has 2 aromatic carbocycles. The Kier molecular flexibility index (Phi) is 9.25. The minimum absolute atomic E-state index is 0.0394. The Morgan fingerprint density at radius 2 is 1.79 bits per heavy atom. The summed E-state index contributed by atoms with van der Waals surface area (Å²) in [5.74, 6) is -2.48. The number of benzene rings is 2. The van der Waals surface area contributed by atoms with Crippen LogP contribution in [0.2, 0.25) is 0 Å². The number of aromatic amines is 1. The van der Waals surface area contributed by atoms with Crippen LogP contribution >= 0.6 is 0 Å². The lowest BCUT2D eigenvalue weighted by molar-refractivity contribution is -0.142. The largest absolute Gasteiger partial charge is 0.435 e. The SMILES string of the molecule is C[C@H]1CC(F)(F)c2c1c(C(F)(F)F)nn2CC(=O)N[C@@H](Cc1cc(F)cc(F)c1)c1nc(C#CC(C)(C)O)ccc1-c1cccc2c(=O)[nH]ccc12. The smallest absolute Gasteiger partial charge is 0.378 e. The first-order chi connectivity index (χ1) is 24.3. The Balaban J connectivity index is 1.51. The summed E-state index contributed by atoms with van der Waals surface area (Å²) in [7, 11) is 0. The van der Waals surface area contributed by atoms with Crippen LogP contribution in [0.3, 0.4) is 0 Å². The maximum absolute atomic E-state index is 15.1. The first-order valence-corrected chi connectivity index (χ1v) is 16.0. The van der Waals surface area contributed by atoms with Gasteiger partial charge in [0, 0.05) is 35.2 Å². The van der Waals surface area contributed by atoms with Crippen LogP contribution in [0.25, 0.3) is 21.9 Å². The van der Waals surface area contributed by atoms with E-state index in [1.165, 1.54) is 33.0 Å². The van der Waals surface area contributed by atoms with Crippen molar-refractivity contribution in [1.29, 1.82) is 0 Å². The van der Waals surface area contributed by atoms with Crippen molar-refractivity contribution in [3.05, 3.63) is 117 Å². The van der Waals surface area contributed by atoms with E-state index < -0.39 is 82.7 Å². The van der Waals surface area contributed by atoms with E-state index in [0.717, 1.165) is 12.1 Å². The van der Waals surface area contributed by atoms with Gasteiger partial charge in [-0.2, -0.15) is 27.1 Å². The molecule has 0 saturated heterocycles. The van der Waals surface area contributed by atoms with Crippen LogP contribution in [0.1, 0.15) is 73.1 Å². The van der Waals surface area contributed by atoms with Gasteiger partial charge in [-0.05, 0) is 85.0 Å². The summed E-state index contributed by atoms with van der Waals surface area (Å²) in [5, 5.41) is 17.0. The highest BCUT2D eigenvalue weighted by Crippen LogP contribution is 2.52. The zero-order valence-corrected chi connectivity index (χ0v) is 27.8. The maximum Gasteiger partial charge on any atom is 0.435 e. The number of aromatic nitrogens is 4. The molecular weight excluding hydrogens is 695 g/mol. The number of carbonyl (C=O) groups is 1. The fraction of sp³-hybridized carbons (Fsp3) is 0.297. The highest BCUT2D eigenvalue weighted by molar-refractivity contribution is 5.96. The van der Waals surface area contributed by atoms with Gasteiger partial charge in [-0.1, -0.05) is 25.0 Å². The van der Waals surface area contributed by atoms with E-state index in [-0.39, 0.29) is 23.4 Å². The van der Waals surface area contributed by atoms with Gasteiger partial charge in [0.05, 0.1) is 11.7 Å². The van der Waals surface area contributed by atoms with Gasteiger partial charge in [0.15, 0.2) is 5.69 Å². The summed E-state index contributed by atoms with van der Waals surface area (Å²) >= 11 is 0. The minimum Gasteiger partial charge on any atom is -0.378 e. The summed E-state index contributed by atoms with van der Waals surface area (Å²) in [5.41, 5.74) is -4.11. The Hall–Kier alpha value is -5.49. The molecule has 0 radical (unpaired) electrons. The number of aliphatic hydroxyl groups is 1. The highest BCUT2D eigenvalue weighted by atomic mass is 19.4. The van der Waals surface area contributed by atoms with Gasteiger partial charge in [-0.25, -0.2) is 13.8 Å². The number of nitrogens with zero attached hydrogens (tertiary/aromatic N) is 3. The predicted octanol–water partition coefficient (Wildman–Crippen LogP) is 6.91. The summed E-state index contributed by atoms with van der Waals surface area (Å²) in [6.07, 6.45) is -4.90. The number of H-pyrrole nitrogens is 1. The zero-order chi connectivity index (χ0) is 37.7. The van der Waals surface area contributed by atoms with Crippen LogP contribution in [0.5, 0.6) is 0 Å². The predicted molar refractivity (Wildman–Crippen MR) is 176 cm³/mol. The number of hydrogen-bond donors (Lipinski definition) is 3. The van der Waals surface area contributed by atoms with Crippen molar-refractivity contribution in [3.8, 4) is 23.0 Å². The molecule has 2 atom stereocenters. The molecule has 3 N–H and O–H groups in total. The average Bonchev–Trinajstić information content (AvgIpc) is 3.54. The molecule has 270 valence electrons. The molecule has 3 heterocycles. The molecule has 0 fully saturated rings. The number of halogens is 7. The van der Waals surface area contributed by atoms with Gasteiger partial charge in [0.25, 0.3) is 11.5 Å². The van der Waals surface area contributed by atoms with Crippen LogP contribution in [0, 0.1) is 23.5 Å². The van der Waals surface area contributed by atoms with E-state index >= 15 is 8.78 Å². The van der Waals surface area contributed by atoms with Crippen LogP contribution < -0.4 is 10.9 Å². The molecule has 8 nitrogen and oxygen atoms in total. The number of rotatable bonds is 7. The second-order valence-corrected chi connectivity index (χ2v) is 13.2. The quantitative estimate of drug-likeness (QED) is 0.125. The molecule has 0 aliphatic heterocycles. The van der Waals surface area contributed by atoms with Crippen LogP contribution in [0.4, 0.5) is 30.7 Å². The lowest BCUT2D eigenvalue weighted by Crippen LogP contribution is -2.35. The van der Waals surface area contributed by atoms with Gasteiger partial charge in [-0.15, -0.1) is 0 Å². The van der Waals surface area contributed by atoms with E-state index in [4.69, 9.17) is 0 Å². The molecule has 0 spiro atoms. The number of hydrogen-bond acceptors (Lipinski definition) is 5. The third-order valence-electron chi connectivity index (χ3n) is 8.51. The van der Waals surface area contributed by atoms with Crippen LogP contribution in [0.15, 0.2) is 65.6 Å². The summed E-state index contributed by atoms with van der Waals surface area (Å²) in [6, 6.07) is 10.9. The van der Waals surface area contributed by atoms with Crippen molar-refractivity contribution < 1.29 is 40.6 Å². The van der Waals surface area contributed by atoms with Gasteiger partial charge < -0.3 is 15.4 Å².